The van der Waals surface area contributed by atoms with Gasteiger partial charge in [0.25, 0.3) is 0 Å². The van der Waals surface area contributed by atoms with Crippen LogP contribution in [-0.2, 0) is 17.0 Å². The molecule has 0 fully saturated rings. The molecule has 0 aliphatic rings. The molecule has 0 amide bonds. The molecule has 84 valence electrons. The number of nitrogens with zero attached hydrogens (tertiary/aromatic N) is 1. The van der Waals surface area contributed by atoms with E-state index in [1.54, 1.807) is 12.1 Å². The number of carbonyl (C=O) groups is 1. The van der Waals surface area contributed by atoms with Crippen LogP contribution in [-0.4, -0.2) is 13.1 Å². The summed E-state index contributed by atoms with van der Waals surface area (Å²) in [5.74, 6) is -0.0517. The lowest BCUT2D eigenvalue weighted by molar-refractivity contribution is 0.0600. The third kappa shape index (κ3) is 2.98. The average Bonchev–Trinajstić information content (AvgIpc) is 2.35. The van der Waals surface area contributed by atoms with Crippen molar-refractivity contribution in [2.24, 2.45) is 0 Å². The highest BCUT2D eigenvalue weighted by atomic mass is 35.5. The molecule has 3 nitrogen and oxygen atoms in total. The molecule has 1 aromatic carbocycles. The zero-order chi connectivity index (χ0) is 12.0. The summed E-state index contributed by atoms with van der Waals surface area (Å²) in [5.41, 5.74) is 2.36. The molecule has 0 N–H and O–H groups in total. The number of hydrogen-bond donors (Lipinski definition) is 0. The molecule has 0 spiro atoms. The topological polar surface area (TPSA) is 50.1 Å². The van der Waals surface area contributed by atoms with Crippen molar-refractivity contribution in [3.8, 4) is 6.07 Å². The summed E-state index contributed by atoms with van der Waals surface area (Å²) in [5, 5.41) is 8.51. The van der Waals surface area contributed by atoms with Crippen LogP contribution in [0.5, 0.6) is 0 Å². The average molecular weight is 238 g/mol. The van der Waals surface area contributed by atoms with Gasteiger partial charge in [0.2, 0.25) is 0 Å². The monoisotopic (exact) mass is 237 g/mol. The number of methoxy groups -OCH3 is 1. The van der Waals surface area contributed by atoms with Crippen LogP contribution < -0.4 is 0 Å². The Kier molecular flexibility index (Phi) is 4.81. The van der Waals surface area contributed by atoms with E-state index >= 15 is 0 Å². The van der Waals surface area contributed by atoms with Crippen molar-refractivity contribution in [3.05, 3.63) is 34.9 Å². The Balaban J connectivity index is 2.98. The SMILES string of the molecule is COC(=O)c1ccc(CCC#N)c(CCl)c1. The Morgan fingerprint density at radius 2 is 2.25 bits per heavy atom. The first kappa shape index (κ1) is 12.5. The van der Waals surface area contributed by atoms with Gasteiger partial charge in [-0.15, -0.1) is 11.6 Å². The van der Waals surface area contributed by atoms with E-state index in [9.17, 15) is 4.79 Å². The predicted octanol–water partition coefficient (Wildman–Crippen LogP) is 2.67. The Bertz CT molecular complexity index is 424. The van der Waals surface area contributed by atoms with Crippen molar-refractivity contribution in [1.29, 1.82) is 5.26 Å². The third-order valence-electron chi connectivity index (χ3n) is 2.28. The van der Waals surface area contributed by atoms with Crippen molar-refractivity contribution in [3.63, 3.8) is 0 Å². The Labute approximate surface area is 99.6 Å². The summed E-state index contributed by atoms with van der Waals surface area (Å²) < 4.78 is 4.62. The smallest absolute Gasteiger partial charge is 0.337 e. The van der Waals surface area contributed by atoms with Crippen LogP contribution in [0.2, 0.25) is 0 Å². The van der Waals surface area contributed by atoms with E-state index < -0.39 is 0 Å². The molecule has 0 saturated carbocycles. The minimum Gasteiger partial charge on any atom is -0.465 e. The van der Waals surface area contributed by atoms with Crippen LogP contribution in [0.15, 0.2) is 18.2 Å². The summed E-state index contributed by atoms with van der Waals surface area (Å²) >= 11 is 5.80. The van der Waals surface area contributed by atoms with Gasteiger partial charge in [0.05, 0.1) is 18.7 Å². The highest BCUT2D eigenvalue weighted by Crippen LogP contribution is 2.16. The molecule has 1 rings (SSSR count). The molecule has 0 aliphatic heterocycles. The van der Waals surface area contributed by atoms with Crippen LogP contribution in [0.25, 0.3) is 0 Å². The second kappa shape index (κ2) is 6.14. The number of carbonyl (C=O) groups excluding carboxylic acids is 1. The molecule has 0 radical (unpaired) electrons. The summed E-state index contributed by atoms with van der Waals surface area (Å²) in [6, 6.07) is 7.30. The second-order valence-corrected chi connectivity index (χ2v) is 3.53. The second-order valence-electron chi connectivity index (χ2n) is 3.27. The van der Waals surface area contributed by atoms with Gasteiger partial charge in [0.15, 0.2) is 0 Å². The van der Waals surface area contributed by atoms with E-state index in [4.69, 9.17) is 16.9 Å². The van der Waals surface area contributed by atoms with Crippen molar-refractivity contribution in [2.75, 3.05) is 7.11 Å². The molecule has 0 atom stereocenters. The number of rotatable bonds is 4. The maximum Gasteiger partial charge on any atom is 0.337 e. The number of ether oxygens (including phenoxy) is 1. The predicted molar refractivity (Wildman–Crippen MR) is 61.3 cm³/mol. The zero-order valence-corrected chi connectivity index (χ0v) is 9.75. The van der Waals surface area contributed by atoms with Crippen LogP contribution in [0.4, 0.5) is 0 Å². The van der Waals surface area contributed by atoms with E-state index in [-0.39, 0.29) is 5.97 Å². The fourth-order valence-electron chi connectivity index (χ4n) is 1.43. The summed E-state index contributed by atoms with van der Waals surface area (Å²) in [6.07, 6.45) is 1.10. The van der Waals surface area contributed by atoms with E-state index in [0.29, 0.717) is 24.3 Å². The van der Waals surface area contributed by atoms with Crippen LogP contribution in [0, 0.1) is 11.3 Å². The fraction of sp³-hybridized carbons (Fsp3) is 0.333. The van der Waals surface area contributed by atoms with Crippen molar-refractivity contribution in [2.45, 2.75) is 18.7 Å². The molecule has 0 saturated heterocycles. The summed E-state index contributed by atoms with van der Waals surface area (Å²) in [7, 11) is 1.34. The third-order valence-corrected chi connectivity index (χ3v) is 2.57. The number of esters is 1. The minimum absolute atomic E-state index is 0.325. The van der Waals surface area contributed by atoms with Crippen molar-refractivity contribution < 1.29 is 9.53 Å². The lowest BCUT2D eigenvalue weighted by atomic mass is 10.0. The van der Waals surface area contributed by atoms with E-state index in [2.05, 4.69) is 10.8 Å². The number of nitriles is 1. The lowest BCUT2D eigenvalue weighted by Crippen LogP contribution is -2.03. The summed E-state index contributed by atoms with van der Waals surface area (Å²) in [6.45, 7) is 0. The van der Waals surface area contributed by atoms with E-state index in [1.807, 2.05) is 6.07 Å². The number of aryl methyl sites for hydroxylation is 1. The van der Waals surface area contributed by atoms with Gasteiger partial charge in [-0.3, -0.25) is 0 Å². The first-order valence-electron chi connectivity index (χ1n) is 4.86. The van der Waals surface area contributed by atoms with Gasteiger partial charge < -0.3 is 4.74 Å². The molecule has 16 heavy (non-hydrogen) atoms. The zero-order valence-electron chi connectivity index (χ0n) is 9.00. The molecule has 0 bridgehead atoms. The molecular formula is C12H12ClNO2. The number of alkyl halides is 1. The van der Waals surface area contributed by atoms with Crippen LogP contribution in [0.1, 0.15) is 27.9 Å². The minimum atomic E-state index is -0.377. The quantitative estimate of drug-likeness (QED) is 0.598. The molecule has 0 aliphatic carbocycles. The molecular weight excluding hydrogens is 226 g/mol. The molecule has 1 aromatic rings. The standard InChI is InChI=1S/C12H12ClNO2/c1-16-12(15)10-5-4-9(3-2-6-14)11(7-10)8-13/h4-5,7H,2-3,8H2,1H3. The van der Waals surface area contributed by atoms with Crippen molar-refractivity contribution >= 4 is 17.6 Å². The number of halogens is 1. The fourth-order valence-corrected chi connectivity index (χ4v) is 1.68. The van der Waals surface area contributed by atoms with Gasteiger partial charge in [-0.2, -0.15) is 5.26 Å². The largest absolute Gasteiger partial charge is 0.465 e. The Hall–Kier alpha value is -1.53. The first-order chi connectivity index (χ1) is 7.72. The maximum atomic E-state index is 11.3. The van der Waals surface area contributed by atoms with Gasteiger partial charge >= 0.3 is 5.97 Å². The van der Waals surface area contributed by atoms with Gasteiger partial charge in [0.1, 0.15) is 0 Å². The Morgan fingerprint density at radius 3 is 2.81 bits per heavy atom. The lowest BCUT2D eigenvalue weighted by Gasteiger charge is -2.07. The molecule has 0 aromatic heterocycles. The molecule has 4 heteroatoms. The van der Waals surface area contributed by atoms with Crippen LogP contribution >= 0.6 is 11.6 Å². The summed E-state index contributed by atoms with van der Waals surface area (Å²) in [4.78, 5) is 11.3. The number of benzene rings is 1. The molecule has 0 unspecified atom stereocenters. The van der Waals surface area contributed by atoms with E-state index in [1.165, 1.54) is 7.11 Å². The number of hydrogen-bond acceptors (Lipinski definition) is 3. The Morgan fingerprint density at radius 1 is 1.50 bits per heavy atom. The van der Waals surface area contributed by atoms with E-state index in [0.717, 1.165) is 11.1 Å². The van der Waals surface area contributed by atoms with Gasteiger partial charge in [-0.1, -0.05) is 6.07 Å². The maximum absolute atomic E-state index is 11.3. The normalized spacial score (nSPS) is 9.56. The van der Waals surface area contributed by atoms with Gasteiger partial charge in [-0.05, 0) is 29.7 Å². The highest BCUT2D eigenvalue weighted by molar-refractivity contribution is 6.17. The van der Waals surface area contributed by atoms with Crippen molar-refractivity contribution in [1.82, 2.24) is 0 Å². The van der Waals surface area contributed by atoms with Crippen LogP contribution in [0.3, 0.4) is 0 Å². The van der Waals surface area contributed by atoms with Gasteiger partial charge in [-0.25, -0.2) is 4.79 Å². The van der Waals surface area contributed by atoms with Gasteiger partial charge in [0, 0.05) is 12.3 Å². The molecule has 0 heterocycles. The highest BCUT2D eigenvalue weighted by Gasteiger charge is 2.09. The first-order valence-corrected chi connectivity index (χ1v) is 5.39.